The Kier molecular flexibility index (Phi) is 4.85. The van der Waals surface area contributed by atoms with Gasteiger partial charge in [-0.15, -0.1) is 0 Å². The van der Waals surface area contributed by atoms with E-state index in [2.05, 4.69) is 35.9 Å². The normalized spacial score (nSPS) is 22.9. The fraction of sp³-hybridized carbons (Fsp3) is 1.00. The lowest BCUT2D eigenvalue weighted by Gasteiger charge is -2.37. The van der Waals surface area contributed by atoms with Crippen molar-refractivity contribution in [1.82, 2.24) is 15.1 Å². The standard InChI is InChI=1S/C11H25N3/c1-10(2)14-7-5-13(6-8-14)9-11(3)12-4/h10-12H,5-9H2,1-4H3. The summed E-state index contributed by atoms with van der Waals surface area (Å²) in [6.45, 7) is 12.9. The fourth-order valence-electron chi connectivity index (χ4n) is 1.94. The molecule has 1 atom stereocenters. The first kappa shape index (κ1) is 12.0. The van der Waals surface area contributed by atoms with Crippen molar-refractivity contribution < 1.29 is 0 Å². The lowest BCUT2D eigenvalue weighted by Crippen LogP contribution is -2.51. The van der Waals surface area contributed by atoms with E-state index in [-0.39, 0.29) is 0 Å². The van der Waals surface area contributed by atoms with Gasteiger partial charge in [0.05, 0.1) is 0 Å². The van der Waals surface area contributed by atoms with Crippen molar-refractivity contribution in [3.05, 3.63) is 0 Å². The Hall–Kier alpha value is -0.120. The molecule has 0 spiro atoms. The van der Waals surface area contributed by atoms with Gasteiger partial charge in [-0.3, -0.25) is 9.80 Å². The predicted molar refractivity (Wildman–Crippen MR) is 61.7 cm³/mol. The van der Waals surface area contributed by atoms with E-state index < -0.39 is 0 Å². The first-order valence-corrected chi connectivity index (χ1v) is 5.77. The average molecular weight is 199 g/mol. The van der Waals surface area contributed by atoms with Crippen molar-refractivity contribution in [3.63, 3.8) is 0 Å². The third-order valence-corrected chi connectivity index (χ3v) is 3.16. The third kappa shape index (κ3) is 3.56. The highest BCUT2D eigenvalue weighted by Gasteiger charge is 2.19. The van der Waals surface area contributed by atoms with Gasteiger partial charge in [-0.25, -0.2) is 0 Å². The summed E-state index contributed by atoms with van der Waals surface area (Å²) >= 11 is 0. The maximum Gasteiger partial charge on any atom is 0.0163 e. The molecule has 3 nitrogen and oxygen atoms in total. The maximum absolute atomic E-state index is 3.29. The molecule has 1 fully saturated rings. The minimum atomic E-state index is 0.612. The van der Waals surface area contributed by atoms with Gasteiger partial charge in [0.1, 0.15) is 0 Å². The van der Waals surface area contributed by atoms with Crippen LogP contribution in [0.1, 0.15) is 20.8 Å². The Morgan fingerprint density at radius 1 is 1.07 bits per heavy atom. The van der Waals surface area contributed by atoms with E-state index >= 15 is 0 Å². The van der Waals surface area contributed by atoms with Crippen LogP contribution >= 0.6 is 0 Å². The molecule has 0 aliphatic carbocycles. The Morgan fingerprint density at radius 2 is 1.64 bits per heavy atom. The summed E-state index contributed by atoms with van der Waals surface area (Å²) < 4.78 is 0. The second kappa shape index (κ2) is 5.69. The zero-order valence-electron chi connectivity index (χ0n) is 10.1. The summed E-state index contributed by atoms with van der Waals surface area (Å²) in [4.78, 5) is 5.11. The molecule has 3 heteroatoms. The van der Waals surface area contributed by atoms with Crippen LogP contribution in [0.25, 0.3) is 0 Å². The van der Waals surface area contributed by atoms with Crippen molar-refractivity contribution in [2.75, 3.05) is 39.8 Å². The van der Waals surface area contributed by atoms with E-state index in [0.29, 0.717) is 12.1 Å². The predicted octanol–water partition coefficient (Wildman–Crippen LogP) is 0.620. The molecule has 0 amide bonds. The quantitative estimate of drug-likeness (QED) is 0.716. The third-order valence-electron chi connectivity index (χ3n) is 3.16. The number of likely N-dealkylation sites (N-methyl/N-ethyl adjacent to an activating group) is 1. The second-order valence-corrected chi connectivity index (χ2v) is 4.62. The summed E-state index contributed by atoms with van der Waals surface area (Å²) in [6.07, 6.45) is 0. The molecule has 0 saturated carbocycles. The van der Waals surface area contributed by atoms with Gasteiger partial charge in [0.2, 0.25) is 0 Å². The maximum atomic E-state index is 3.29. The monoisotopic (exact) mass is 199 g/mol. The van der Waals surface area contributed by atoms with Crippen LogP contribution < -0.4 is 5.32 Å². The molecule has 1 unspecified atom stereocenters. The molecular weight excluding hydrogens is 174 g/mol. The SMILES string of the molecule is CNC(C)CN1CCN(C(C)C)CC1. The van der Waals surface area contributed by atoms with Crippen molar-refractivity contribution in [2.24, 2.45) is 0 Å². The summed E-state index contributed by atoms with van der Waals surface area (Å²) in [5, 5.41) is 3.29. The van der Waals surface area contributed by atoms with E-state index in [1.807, 2.05) is 7.05 Å². The summed E-state index contributed by atoms with van der Waals surface area (Å²) in [6, 6.07) is 1.32. The molecule has 0 radical (unpaired) electrons. The van der Waals surface area contributed by atoms with Crippen LogP contribution in [0, 0.1) is 0 Å². The molecule has 0 aromatic rings. The van der Waals surface area contributed by atoms with Gasteiger partial charge in [-0.1, -0.05) is 0 Å². The van der Waals surface area contributed by atoms with Gasteiger partial charge < -0.3 is 5.32 Å². The molecule has 1 heterocycles. The van der Waals surface area contributed by atoms with Crippen molar-refractivity contribution in [1.29, 1.82) is 0 Å². The molecule has 1 aliphatic heterocycles. The number of nitrogens with one attached hydrogen (secondary N) is 1. The van der Waals surface area contributed by atoms with E-state index in [1.165, 1.54) is 32.7 Å². The van der Waals surface area contributed by atoms with Crippen LogP contribution in [0.5, 0.6) is 0 Å². The van der Waals surface area contributed by atoms with Gasteiger partial charge in [0.25, 0.3) is 0 Å². The highest BCUT2D eigenvalue weighted by molar-refractivity contribution is 4.76. The molecule has 1 N–H and O–H groups in total. The smallest absolute Gasteiger partial charge is 0.0163 e. The van der Waals surface area contributed by atoms with E-state index in [0.717, 1.165) is 0 Å². The molecule has 0 aromatic heterocycles. The average Bonchev–Trinajstić information content (AvgIpc) is 2.18. The molecule has 0 bridgehead atoms. The minimum absolute atomic E-state index is 0.612. The number of rotatable bonds is 4. The van der Waals surface area contributed by atoms with Gasteiger partial charge in [-0.05, 0) is 27.8 Å². The highest BCUT2D eigenvalue weighted by Crippen LogP contribution is 2.05. The molecule has 84 valence electrons. The molecule has 1 saturated heterocycles. The number of hydrogen-bond donors (Lipinski definition) is 1. The number of piperazine rings is 1. The first-order chi connectivity index (χ1) is 6.63. The largest absolute Gasteiger partial charge is 0.316 e. The Labute approximate surface area is 88.5 Å². The van der Waals surface area contributed by atoms with Crippen LogP contribution in [0.15, 0.2) is 0 Å². The van der Waals surface area contributed by atoms with Crippen LogP contribution in [-0.4, -0.2) is 61.7 Å². The number of hydrogen-bond acceptors (Lipinski definition) is 3. The second-order valence-electron chi connectivity index (χ2n) is 4.62. The van der Waals surface area contributed by atoms with E-state index in [4.69, 9.17) is 0 Å². The van der Waals surface area contributed by atoms with Crippen LogP contribution in [0.3, 0.4) is 0 Å². The van der Waals surface area contributed by atoms with Gasteiger partial charge >= 0.3 is 0 Å². The summed E-state index contributed by atoms with van der Waals surface area (Å²) in [5.41, 5.74) is 0. The molecule has 14 heavy (non-hydrogen) atoms. The minimum Gasteiger partial charge on any atom is -0.316 e. The Bertz CT molecular complexity index is 151. The lowest BCUT2D eigenvalue weighted by molar-refractivity contribution is 0.103. The van der Waals surface area contributed by atoms with E-state index in [1.54, 1.807) is 0 Å². The molecule has 0 aromatic carbocycles. The topological polar surface area (TPSA) is 18.5 Å². The summed E-state index contributed by atoms with van der Waals surface area (Å²) in [7, 11) is 2.04. The van der Waals surface area contributed by atoms with Crippen molar-refractivity contribution in [3.8, 4) is 0 Å². The Balaban J connectivity index is 2.22. The highest BCUT2D eigenvalue weighted by atomic mass is 15.3. The van der Waals surface area contributed by atoms with Gasteiger partial charge in [-0.2, -0.15) is 0 Å². The fourth-order valence-corrected chi connectivity index (χ4v) is 1.94. The zero-order chi connectivity index (χ0) is 10.6. The Morgan fingerprint density at radius 3 is 2.07 bits per heavy atom. The number of nitrogens with zero attached hydrogens (tertiary/aromatic N) is 2. The van der Waals surface area contributed by atoms with Crippen molar-refractivity contribution >= 4 is 0 Å². The first-order valence-electron chi connectivity index (χ1n) is 5.77. The van der Waals surface area contributed by atoms with Crippen molar-refractivity contribution in [2.45, 2.75) is 32.9 Å². The van der Waals surface area contributed by atoms with Crippen LogP contribution in [0.2, 0.25) is 0 Å². The van der Waals surface area contributed by atoms with Crippen LogP contribution in [0.4, 0.5) is 0 Å². The van der Waals surface area contributed by atoms with E-state index in [9.17, 15) is 0 Å². The lowest BCUT2D eigenvalue weighted by atomic mass is 10.2. The van der Waals surface area contributed by atoms with Gasteiger partial charge in [0.15, 0.2) is 0 Å². The van der Waals surface area contributed by atoms with Gasteiger partial charge in [0, 0.05) is 44.8 Å². The molecule has 1 aliphatic rings. The molecular formula is C11H25N3. The molecule has 1 rings (SSSR count). The zero-order valence-corrected chi connectivity index (χ0v) is 10.1. The van der Waals surface area contributed by atoms with Crippen LogP contribution in [-0.2, 0) is 0 Å². The summed E-state index contributed by atoms with van der Waals surface area (Å²) in [5.74, 6) is 0.